The van der Waals surface area contributed by atoms with E-state index in [0.29, 0.717) is 12.0 Å². The van der Waals surface area contributed by atoms with Crippen LogP contribution >= 0.6 is 0 Å². The molecule has 2 atom stereocenters. The highest BCUT2D eigenvalue weighted by Gasteiger charge is 2.25. The molecule has 0 bridgehead atoms. The van der Waals surface area contributed by atoms with Crippen molar-refractivity contribution in [2.24, 2.45) is 5.73 Å². The van der Waals surface area contributed by atoms with Crippen LogP contribution in [-0.2, 0) is 0 Å². The standard InChI is InChI=1S/C14H17FN4/c1-2-13(18)14(19(8-6-16)9-7-17)11-4-3-5-12(15)10-11/h3-5,10,13-14H,2,8-9,18H2,1H3. The van der Waals surface area contributed by atoms with Crippen molar-refractivity contribution in [3.63, 3.8) is 0 Å². The Labute approximate surface area is 112 Å². The van der Waals surface area contributed by atoms with E-state index in [2.05, 4.69) is 0 Å². The molecule has 0 aromatic heterocycles. The second-order valence-electron chi connectivity index (χ2n) is 4.29. The van der Waals surface area contributed by atoms with Gasteiger partial charge in [-0.05, 0) is 24.1 Å². The molecule has 0 aliphatic rings. The van der Waals surface area contributed by atoms with Gasteiger partial charge in [-0.1, -0.05) is 19.1 Å². The van der Waals surface area contributed by atoms with E-state index >= 15 is 0 Å². The molecule has 0 fully saturated rings. The van der Waals surface area contributed by atoms with Gasteiger partial charge in [0, 0.05) is 6.04 Å². The van der Waals surface area contributed by atoms with Gasteiger partial charge in [0.25, 0.3) is 0 Å². The van der Waals surface area contributed by atoms with Crippen LogP contribution in [0.3, 0.4) is 0 Å². The molecule has 0 amide bonds. The summed E-state index contributed by atoms with van der Waals surface area (Å²) in [6, 6.07) is 9.59. The average molecular weight is 260 g/mol. The van der Waals surface area contributed by atoms with E-state index in [-0.39, 0.29) is 31.0 Å². The second kappa shape index (κ2) is 7.48. The van der Waals surface area contributed by atoms with Gasteiger partial charge in [0.15, 0.2) is 0 Å². The van der Waals surface area contributed by atoms with Gasteiger partial charge in [0.05, 0.1) is 31.3 Å². The largest absolute Gasteiger partial charge is 0.326 e. The summed E-state index contributed by atoms with van der Waals surface area (Å²) in [6.07, 6.45) is 0.675. The highest BCUT2D eigenvalue weighted by Crippen LogP contribution is 2.25. The lowest BCUT2D eigenvalue weighted by Gasteiger charge is -2.32. The maximum atomic E-state index is 13.3. The first kappa shape index (κ1) is 15.1. The van der Waals surface area contributed by atoms with Crippen LogP contribution in [0.15, 0.2) is 24.3 Å². The summed E-state index contributed by atoms with van der Waals surface area (Å²) in [7, 11) is 0. The summed E-state index contributed by atoms with van der Waals surface area (Å²) in [5.41, 5.74) is 6.77. The van der Waals surface area contributed by atoms with Crippen molar-refractivity contribution in [1.29, 1.82) is 10.5 Å². The Bertz CT molecular complexity index is 473. The van der Waals surface area contributed by atoms with Crippen LogP contribution in [0.5, 0.6) is 0 Å². The van der Waals surface area contributed by atoms with Crippen molar-refractivity contribution >= 4 is 0 Å². The topological polar surface area (TPSA) is 76.8 Å². The van der Waals surface area contributed by atoms with Crippen molar-refractivity contribution < 1.29 is 4.39 Å². The minimum atomic E-state index is -0.348. The summed E-state index contributed by atoms with van der Waals surface area (Å²) in [4.78, 5) is 1.67. The van der Waals surface area contributed by atoms with E-state index in [0.717, 1.165) is 0 Å². The summed E-state index contributed by atoms with van der Waals surface area (Å²) >= 11 is 0. The minimum absolute atomic E-state index is 0.0858. The molecule has 19 heavy (non-hydrogen) atoms. The average Bonchev–Trinajstić information content (AvgIpc) is 2.39. The van der Waals surface area contributed by atoms with Crippen molar-refractivity contribution in [3.05, 3.63) is 35.6 Å². The molecule has 1 rings (SSSR count). The molecule has 0 aliphatic heterocycles. The van der Waals surface area contributed by atoms with Gasteiger partial charge in [-0.15, -0.1) is 0 Å². The lowest BCUT2D eigenvalue weighted by molar-refractivity contribution is 0.211. The van der Waals surface area contributed by atoms with Crippen molar-refractivity contribution in [3.8, 4) is 12.1 Å². The molecular weight excluding hydrogens is 243 g/mol. The SMILES string of the molecule is CCC(N)C(c1cccc(F)c1)N(CC#N)CC#N. The molecule has 1 aromatic rings. The fraction of sp³-hybridized carbons (Fsp3) is 0.429. The van der Waals surface area contributed by atoms with Crippen LogP contribution in [0.25, 0.3) is 0 Å². The Morgan fingerprint density at radius 1 is 1.32 bits per heavy atom. The Kier molecular flexibility index (Phi) is 5.95. The van der Waals surface area contributed by atoms with Gasteiger partial charge < -0.3 is 5.73 Å². The Balaban J connectivity index is 3.13. The van der Waals surface area contributed by atoms with Gasteiger partial charge in [-0.25, -0.2) is 4.39 Å². The monoisotopic (exact) mass is 260 g/mol. The van der Waals surface area contributed by atoms with Crippen LogP contribution in [-0.4, -0.2) is 24.0 Å². The van der Waals surface area contributed by atoms with Crippen molar-refractivity contribution in [2.75, 3.05) is 13.1 Å². The van der Waals surface area contributed by atoms with Gasteiger partial charge in [-0.3, -0.25) is 4.90 Å². The molecule has 0 heterocycles. The van der Waals surface area contributed by atoms with E-state index < -0.39 is 0 Å². The van der Waals surface area contributed by atoms with Gasteiger partial charge in [0.1, 0.15) is 5.82 Å². The Morgan fingerprint density at radius 2 is 1.95 bits per heavy atom. The molecule has 0 radical (unpaired) electrons. The maximum absolute atomic E-state index is 13.3. The molecule has 2 unspecified atom stereocenters. The van der Waals surface area contributed by atoms with Gasteiger partial charge in [-0.2, -0.15) is 10.5 Å². The van der Waals surface area contributed by atoms with Crippen LogP contribution in [0.1, 0.15) is 24.9 Å². The molecule has 100 valence electrons. The summed E-state index contributed by atoms with van der Waals surface area (Å²) < 4.78 is 13.3. The van der Waals surface area contributed by atoms with E-state index in [1.54, 1.807) is 17.0 Å². The maximum Gasteiger partial charge on any atom is 0.123 e. The first-order valence-electron chi connectivity index (χ1n) is 6.13. The number of benzene rings is 1. The van der Waals surface area contributed by atoms with E-state index in [9.17, 15) is 4.39 Å². The molecule has 1 aromatic carbocycles. The second-order valence-corrected chi connectivity index (χ2v) is 4.29. The van der Waals surface area contributed by atoms with Crippen molar-refractivity contribution in [1.82, 2.24) is 4.90 Å². The molecule has 4 nitrogen and oxygen atoms in total. The van der Waals surface area contributed by atoms with E-state index in [1.807, 2.05) is 19.1 Å². The normalized spacial score (nSPS) is 13.6. The first-order chi connectivity index (χ1) is 9.13. The number of nitrogens with zero attached hydrogens (tertiary/aromatic N) is 3. The third-order valence-electron chi connectivity index (χ3n) is 3.01. The Hall–Kier alpha value is -1.95. The van der Waals surface area contributed by atoms with Crippen LogP contribution in [0, 0.1) is 28.5 Å². The van der Waals surface area contributed by atoms with E-state index in [1.165, 1.54) is 12.1 Å². The summed E-state index contributed by atoms with van der Waals surface area (Å²) in [5, 5.41) is 17.7. The first-order valence-corrected chi connectivity index (χ1v) is 6.13. The zero-order chi connectivity index (χ0) is 14.3. The van der Waals surface area contributed by atoms with Crippen LogP contribution in [0.4, 0.5) is 4.39 Å². The number of hydrogen-bond donors (Lipinski definition) is 1. The number of hydrogen-bond acceptors (Lipinski definition) is 4. The van der Waals surface area contributed by atoms with Gasteiger partial charge in [0.2, 0.25) is 0 Å². The highest BCUT2D eigenvalue weighted by atomic mass is 19.1. The van der Waals surface area contributed by atoms with Crippen LogP contribution < -0.4 is 5.73 Å². The Morgan fingerprint density at radius 3 is 2.42 bits per heavy atom. The lowest BCUT2D eigenvalue weighted by atomic mass is 9.96. The third kappa shape index (κ3) is 4.03. The number of nitrogens with two attached hydrogens (primary N) is 1. The van der Waals surface area contributed by atoms with Crippen molar-refractivity contribution in [2.45, 2.75) is 25.4 Å². The lowest BCUT2D eigenvalue weighted by Crippen LogP contribution is -2.41. The number of halogens is 1. The molecule has 0 spiro atoms. The summed E-state index contributed by atoms with van der Waals surface area (Å²) in [5.74, 6) is -0.348. The fourth-order valence-electron chi connectivity index (χ4n) is 2.08. The molecule has 5 heteroatoms. The molecular formula is C14H17FN4. The minimum Gasteiger partial charge on any atom is -0.326 e. The predicted molar refractivity (Wildman–Crippen MR) is 70.2 cm³/mol. The fourth-order valence-corrected chi connectivity index (χ4v) is 2.08. The quantitative estimate of drug-likeness (QED) is 0.793. The summed E-state index contributed by atoms with van der Waals surface area (Å²) in [6.45, 7) is 2.10. The number of rotatable bonds is 6. The molecule has 0 saturated heterocycles. The molecule has 0 aliphatic carbocycles. The predicted octanol–water partition coefficient (Wildman–Crippen LogP) is 1.95. The third-order valence-corrected chi connectivity index (χ3v) is 3.01. The van der Waals surface area contributed by atoms with Crippen LogP contribution in [0.2, 0.25) is 0 Å². The van der Waals surface area contributed by atoms with Gasteiger partial charge >= 0.3 is 0 Å². The zero-order valence-corrected chi connectivity index (χ0v) is 10.9. The zero-order valence-electron chi connectivity index (χ0n) is 10.9. The molecule has 2 N–H and O–H groups in total. The highest BCUT2D eigenvalue weighted by molar-refractivity contribution is 5.22. The molecule has 0 saturated carbocycles. The smallest absolute Gasteiger partial charge is 0.123 e. The number of nitriles is 2. The van der Waals surface area contributed by atoms with E-state index in [4.69, 9.17) is 16.3 Å².